The Morgan fingerprint density at radius 3 is 2.26 bits per heavy atom. The van der Waals surface area contributed by atoms with Crippen molar-refractivity contribution in [1.82, 2.24) is 0 Å². The number of rotatable bonds is 3. The maximum atomic E-state index is 6.06. The molecule has 0 N–H and O–H groups in total. The van der Waals surface area contributed by atoms with Crippen LogP contribution in [0.5, 0.6) is 11.5 Å². The molecule has 0 atom stereocenters. The van der Waals surface area contributed by atoms with Gasteiger partial charge in [0.2, 0.25) is 0 Å². The average Bonchev–Trinajstić information content (AvgIpc) is 2.36. The van der Waals surface area contributed by atoms with Crippen molar-refractivity contribution in [2.45, 2.75) is 12.8 Å². The SMILES string of the molecule is Cc1cc(Oc2cc(Cl)c(Cl)cc2Cl)ccc1CCl. The quantitative estimate of drug-likeness (QED) is 0.460. The van der Waals surface area contributed by atoms with E-state index in [9.17, 15) is 0 Å². The Kier molecular flexibility index (Phi) is 4.86. The van der Waals surface area contributed by atoms with E-state index in [1.165, 1.54) is 0 Å². The molecule has 0 aliphatic rings. The minimum absolute atomic E-state index is 0.396. The van der Waals surface area contributed by atoms with E-state index in [-0.39, 0.29) is 0 Å². The molecule has 0 saturated carbocycles. The number of benzene rings is 2. The summed E-state index contributed by atoms with van der Waals surface area (Å²) >= 11 is 23.7. The summed E-state index contributed by atoms with van der Waals surface area (Å²) in [5.74, 6) is 1.61. The summed E-state index contributed by atoms with van der Waals surface area (Å²) in [4.78, 5) is 0. The first-order valence-corrected chi connectivity index (χ1v) is 7.16. The topological polar surface area (TPSA) is 9.23 Å². The van der Waals surface area contributed by atoms with Gasteiger partial charge in [0.25, 0.3) is 0 Å². The third-order valence-electron chi connectivity index (χ3n) is 2.66. The van der Waals surface area contributed by atoms with Crippen molar-refractivity contribution in [3.05, 3.63) is 56.5 Å². The van der Waals surface area contributed by atoms with E-state index in [1.807, 2.05) is 25.1 Å². The van der Waals surface area contributed by atoms with Crippen LogP contribution in [0.4, 0.5) is 0 Å². The van der Waals surface area contributed by atoms with E-state index in [2.05, 4.69) is 0 Å². The monoisotopic (exact) mass is 334 g/mol. The molecule has 19 heavy (non-hydrogen) atoms. The van der Waals surface area contributed by atoms with Crippen LogP contribution in [0.3, 0.4) is 0 Å². The first kappa shape index (κ1) is 14.8. The summed E-state index contributed by atoms with van der Waals surface area (Å²) in [5, 5.41) is 1.20. The lowest BCUT2D eigenvalue weighted by Crippen LogP contribution is -1.89. The van der Waals surface area contributed by atoms with E-state index >= 15 is 0 Å². The molecule has 0 unspecified atom stereocenters. The Labute approximate surface area is 132 Å². The van der Waals surface area contributed by atoms with E-state index in [4.69, 9.17) is 51.1 Å². The van der Waals surface area contributed by atoms with Crippen LogP contribution in [-0.2, 0) is 5.88 Å². The molecule has 0 aliphatic carbocycles. The molecule has 5 heteroatoms. The lowest BCUT2D eigenvalue weighted by atomic mass is 10.1. The predicted octanol–water partition coefficient (Wildman–Crippen LogP) is 6.49. The maximum Gasteiger partial charge on any atom is 0.147 e. The van der Waals surface area contributed by atoms with E-state index in [1.54, 1.807) is 12.1 Å². The van der Waals surface area contributed by atoms with Gasteiger partial charge in [-0.05, 0) is 36.2 Å². The Balaban J connectivity index is 2.31. The van der Waals surface area contributed by atoms with Crippen LogP contribution in [0.25, 0.3) is 0 Å². The molecule has 2 aromatic carbocycles. The summed E-state index contributed by atoms with van der Waals surface area (Å²) in [6, 6.07) is 8.81. The zero-order valence-electron chi connectivity index (χ0n) is 10.0. The predicted molar refractivity (Wildman–Crippen MR) is 82.3 cm³/mol. The number of alkyl halides is 1. The molecule has 0 aromatic heterocycles. The highest BCUT2D eigenvalue weighted by Gasteiger charge is 2.09. The second-order valence-electron chi connectivity index (χ2n) is 4.02. The molecule has 0 bridgehead atoms. The molecular weight excluding hydrogens is 326 g/mol. The lowest BCUT2D eigenvalue weighted by Gasteiger charge is -2.10. The fourth-order valence-electron chi connectivity index (χ4n) is 1.59. The van der Waals surface area contributed by atoms with E-state index < -0.39 is 0 Å². The van der Waals surface area contributed by atoms with Crippen molar-refractivity contribution in [2.75, 3.05) is 0 Å². The van der Waals surface area contributed by atoms with Gasteiger partial charge in [-0.25, -0.2) is 0 Å². The number of ether oxygens (including phenoxy) is 1. The molecule has 0 fully saturated rings. The van der Waals surface area contributed by atoms with Crippen molar-refractivity contribution in [3.63, 3.8) is 0 Å². The minimum atomic E-state index is 0.396. The first-order valence-electron chi connectivity index (χ1n) is 5.49. The second-order valence-corrected chi connectivity index (χ2v) is 5.51. The van der Waals surface area contributed by atoms with Gasteiger partial charge in [0.1, 0.15) is 11.5 Å². The highest BCUT2D eigenvalue weighted by molar-refractivity contribution is 6.43. The summed E-state index contributed by atoms with van der Waals surface area (Å²) in [7, 11) is 0. The van der Waals surface area contributed by atoms with Gasteiger partial charge in [-0.15, -0.1) is 11.6 Å². The molecule has 0 spiro atoms. The van der Waals surface area contributed by atoms with Crippen molar-refractivity contribution in [2.24, 2.45) is 0 Å². The van der Waals surface area contributed by atoms with Gasteiger partial charge < -0.3 is 4.74 Å². The van der Waals surface area contributed by atoms with Crippen molar-refractivity contribution in [1.29, 1.82) is 0 Å². The average molecular weight is 336 g/mol. The third kappa shape index (κ3) is 3.49. The van der Waals surface area contributed by atoms with Gasteiger partial charge in [-0.2, -0.15) is 0 Å². The zero-order chi connectivity index (χ0) is 14.0. The van der Waals surface area contributed by atoms with Gasteiger partial charge in [-0.1, -0.05) is 40.9 Å². The van der Waals surface area contributed by atoms with Crippen LogP contribution < -0.4 is 4.74 Å². The highest BCUT2D eigenvalue weighted by Crippen LogP contribution is 2.36. The van der Waals surface area contributed by atoms with Crippen LogP contribution in [0.1, 0.15) is 11.1 Å². The third-order valence-corrected chi connectivity index (χ3v) is 3.97. The fourth-order valence-corrected chi connectivity index (χ4v) is 2.47. The van der Waals surface area contributed by atoms with E-state index in [0.29, 0.717) is 32.4 Å². The van der Waals surface area contributed by atoms with Crippen LogP contribution in [-0.4, -0.2) is 0 Å². The van der Waals surface area contributed by atoms with Crippen molar-refractivity contribution in [3.8, 4) is 11.5 Å². The van der Waals surface area contributed by atoms with Gasteiger partial charge in [0.05, 0.1) is 15.1 Å². The summed E-state index contributed by atoms with van der Waals surface area (Å²) in [6.07, 6.45) is 0. The molecule has 100 valence electrons. The lowest BCUT2D eigenvalue weighted by molar-refractivity contribution is 0.482. The van der Waals surface area contributed by atoms with Gasteiger partial charge in [0, 0.05) is 11.9 Å². The second kappa shape index (κ2) is 6.23. The molecule has 0 radical (unpaired) electrons. The largest absolute Gasteiger partial charge is 0.456 e. The standard InChI is InChI=1S/C14H10Cl4O/c1-8-4-10(3-2-9(8)7-15)19-14-6-12(17)11(16)5-13(14)18/h2-6H,7H2,1H3. The number of halogens is 4. The van der Waals surface area contributed by atoms with Gasteiger partial charge >= 0.3 is 0 Å². The Bertz CT molecular complexity index is 611. The number of hydrogen-bond donors (Lipinski definition) is 0. The molecule has 0 saturated heterocycles. The van der Waals surface area contributed by atoms with Crippen molar-refractivity contribution >= 4 is 46.4 Å². The molecule has 2 aromatic rings. The molecule has 0 amide bonds. The van der Waals surface area contributed by atoms with Crippen LogP contribution in [0, 0.1) is 6.92 Å². The normalized spacial score (nSPS) is 10.6. The van der Waals surface area contributed by atoms with Crippen LogP contribution in [0.15, 0.2) is 30.3 Å². The Morgan fingerprint density at radius 1 is 0.947 bits per heavy atom. The fraction of sp³-hybridized carbons (Fsp3) is 0.143. The van der Waals surface area contributed by atoms with Crippen LogP contribution in [0.2, 0.25) is 15.1 Å². The minimum Gasteiger partial charge on any atom is -0.456 e. The van der Waals surface area contributed by atoms with E-state index in [0.717, 1.165) is 11.1 Å². The van der Waals surface area contributed by atoms with Gasteiger partial charge in [0.15, 0.2) is 0 Å². The smallest absolute Gasteiger partial charge is 0.147 e. The summed E-state index contributed by atoms with van der Waals surface area (Å²) in [6.45, 7) is 1.97. The van der Waals surface area contributed by atoms with Gasteiger partial charge in [-0.3, -0.25) is 0 Å². The summed E-state index contributed by atoms with van der Waals surface area (Å²) in [5.41, 5.74) is 2.12. The Morgan fingerprint density at radius 2 is 1.63 bits per heavy atom. The highest BCUT2D eigenvalue weighted by atomic mass is 35.5. The molecule has 0 aliphatic heterocycles. The summed E-state index contributed by atoms with van der Waals surface area (Å²) < 4.78 is 5.71. The van der Waals surface area contributed by atoms with Crippen LogP contribution >= 0.6 is 46.4 Å². The number of aryl methyl sites for hydroxylation is 1. The first-order chi connectivity index (χ1) is 9.01. The molecule has 0 heterocycles. The number of hydrogen-bond acceptors (Lipinski definition) is 1. The maximum absolute atomic E-state index is 6.06. The zero-order valence-corrected chi connectivity index (χ0v) is 13.0. The molecular formula is C14H10Cl4O. The van der Waals surface area contributed by atoms with Crippen molar-refractivity contribution < 1.29 is 4.74 Å². The molecule has 1 nitrogen and oxygen atoms in total. The molecule has 2 rings (SSSR count). The Hall–Kier alpha value is -0.600.